The number of nitrogens with zero attached hydrogens (tertiary/aromatic N) is 1. The number of ketones is 1. The van der Waals surface area contributed by atoms with Gasteiger partial charge in [0, 0.05) is 11.3 Å². The van der Waals surface area contributed by atoms with Crippen molar-refractivity contribution in [1.82, 2.24) is 0 Å². The van der Waals surface area contributed by atoms with Crippen molar-refractivity contribution < 1.29 is 34.0 Å². The van der Waals surface area contributed by atoms with E-state index in [2.05, 4.69) is 4.84 Å². The maximum absolute atomic E-state index is 12.2. The number of benzene rings is 1. The first-order valence-corrected chi connectivity index (χ1v) is 5.84. The molecule has 1 fully saturated rings. The molecule has 5 N–H and O–H groups in total. The van der Waals surface area contributed by atoms with Gasteiger partial charge in [-0.2, -0.15) is 5.21 Å². The van der Waals surface area contributed by atoms with Crippen molar-refractivity contribution in [2.45, 2.75) is 6.42 Å². The molecule has 0 bridgehead atoms. The van der Waals surface area contributed by atoms with Gasteiger partial charge in [0.2, 0.25) is 0 Å². The largest absolute Gasteiger partial charge is 0.465 e. The van der Waals surface area contributed by atoms with Gasteiger partial charge in [-0.05, 0) is 12.1 Å². The van der Waals surface area contributed by atoms with Gasteiger partial charge in [-0.1, -0.05) is 12.1 Å². The van der Waals surface area contributed by atoms with E-state index >= 15 is 0 Å². The van der Waals surface area contributed by atoms with Crippen molar-refractivity contribution in [3.8, 4) is 0 Å². The molecule has 3 amide bonds. The summed E-state index contributed by atoms with van der Waals surface area (Å²) in [5.41, 5.74) is 10.6. The third-order valence-electron chi connectivity index (χ3n) is 3.02. The van der Waals surface area contributed by atoms with Crippen LogP contribution < -0.4 is 11.5 Å². The zero-order valence-corrected chi connectivity index (χ0v) is 10.7. The van der Waals surface area contributed by atoms with E-state index in [1.54, 1.807) is 6.07 Å². The Hall–Kier alpha value is -2.78. The van der Waals surface area contributed by atoms with Crippen LogP contribution in [0.15, 0.2) is 24.3 Å². The predicted molar refractivity (Wildman–Crippen MR) is 66.0 cm³/mol. The highest BCUT2D eigenvalue weighted by atomic mass is 17.0. The van der Waals surface area contributed by atoms with Gasteiger partial charge in [-0.15, -0.1) is 0 Å². The number of imide groups is 1. The quantitative estimate of drug-likeness (QED) is 0.173. The summed E-state index contributed by atoms with van der Waals surface area (Å²) in [5.74, 6) is -4.60. The standard InChI is InChI=1S/C12H11N3O6/c13-7-3-1-2-6(4-7)10(17)8-5-9(16)15(20,11(8)18)21-12(14)19/h1-4,8,20H,5,13H2,(H-,14,19)/p+1. The number of carbonyl (C=O) groups excluding carboxylic acids is 4. The number of hydrogen-bond donors (Lipinski definition) is 3. The first kappa shape index (κ1) is 14.6. The zero-order valence-electron chi connectivity index (χ0n) is 10.7. The second kappa shape index (κ2) is 4.96. The number of nitrogens with two attached hydrogens (primary N) is 2. The molecular formula is C12H12N3O6+. The van der Waals surface area contributed by atoms with Gasteiger partial charge in [0.25, 0.3) is 0 Å². The highest BCUT2D eigenvalue weighted by Gasteiger charge is 2.63. The van der Waals surface area contributed by atoms with E-state index in [1.165, 1.54) is 18.2 Å². The lowest BCUT2D eigenvalue weighted by molar-refractivity contribution is -1.12. The summed E-state index contributed by atoms with van der Waals surface area (Å²) in [6, 6.07) is 5.79. The highest BCUT2D eigenvalue weighted by molar-refractivity contribution is 6.14. The molecular weight excluding hydrogens is 282 g/mol. The van der Waals surface area contributed by atoms with Crippen LogP contribution in [0.1, 0.15) is 16.8 Å². The van der Waals surface area contributed by atoms with Gasteiger partial charge in [0.1, 0.15) is 4.81 Å². The summed E-state index contributed by atoms with van der Waals surface area (Å²) in [7, 11) is 0. The number of carbonyl (C=O) groups is 4. The van der Waals surface area contributed by atoms with Crippen LogP contribution in [0, 0.1) is 5.92 Å². The summed E-state index contributed by atoms with van der Waals surface area (Å²) < 4.78 is 0. The van der Waals surface area contributed by atoms with E-state index in [0.717, 1.165) is 0 Å². The second-order valence-electron chi connectivity index (χ2n) is 4.46. The topological polar surface area (TPSA) is 150 Å². The average Bonchev–Trinajstić information content (AvgIpc) is 2.61. The van der Waals surface area contributed by atoms with Gasteiger partial charge in [0.05, 0.1) is 6.42 Å². The zero-order chi connectivity index (χ0) is 15.8. The smallest absolute Gasteiger partial charge is 0.399 e. The van der Waals surface area contributed by atoms with Crippen LogP contribution in [0.25, 0.3) is 0 Å². The minimum Gasteiger partial charge on any atom is -0.399 e. The molecule has 9 nitrogen and oxygen atoms in total. The van der Waals surface area contributed by atoms with Crippen LogP contribution in [0.3, 0.4) is 0 Å². The number of hydroxylamine groups is 4. The van der Waals surface area contributed by atoms with Crippen molar-refractivity contribution in [3.63, 3.8) is 0 Å². The maximum Gasteiger partial charge on any atom is 0.465 e. The van der Waals surface area contributed by atoms with Crippen LogP contribution in [-0.2, 0) is 14.4 Å². The molecule has 1 saturated heterocycles. The second-order valence-corrected chi connectivity index (χ2v) is 4.46. The average molecular weight is 294 g/mol. The normalized spacial score (nSPS) is 24.9. The molecule has 0 spiro atoms. The molecule has 1 heterocycles. The van der Waals surface area contributed by atoms with E-state index in [9.17, 15) is 24.4 Å². The Kier molecular flexibility index (Phi) is 3.45. The summed E-state index contributed by atoms with van der Waals surface area (Å²) in [6.07, 6.45) is -2.12. The van der Waals surface area contributed by atoms with Crippen LogP contribution in [0.5, 0.6) is 0 Å². The Labute approximate surface area is 118 Å². The number of anilines is 1. The van der Waals surface area contributed by atoms with Crippen molar-refractivity contribution in [3.05, 3.63) is 29.8 Å². The number of nitrogen functional groups attached to an aromatic ring is 1. The summed E-state index contributed by atoms with van der Waals surface area (Å²) >= 11 is 0. The Morgan fingerprint density at radius 3 is 2.57 bits per heavy atom. The van der Waals surface area contributed by atoms with Gasteiger partial charge in [-0.25, -0.2) is 19.2 Å². The molecule has 1 aromatic rings. The molecule has 2 rings (SSSR count). The lowest BCUT2D eigenvalue weighted by Gasteiger charge is -2.14. The van der Waals surface area contributed by atoms with Gasteiger partial charge in [0.15, 0.2) is 11.7 Å². The molecule has 2 atom stereocenters. The van der Waals surface area contributed by atoms with E-state index < -0.39 is 40.8 Å². The van der Waals surface area contributed by atoms with Gasteiger partial charge < -0.3 is 11.5 Å². The van der Waals surface area contributed by atoms with E-state index in [1.807, 2.05) is 0 Å². The predicted octanol–water partition coefficient (Wildman–Crippen LogP) is -0.259. The van der Waals surface area contributed by atoms with Crippen LogP contribution in [0.4, 0.5) is 10.5 Å². The van der Waals surface area contributed by atoms with E-state index in [4.69, 9.17) is 11.5 Å². The number of Topliss-reactive ketones (excluding diaryl/α,β-unsaturated/α-hetero) is 1. The molecule has 1 aromatic carbocycles. The Bertz CT molecular complexity index is 658. The number of hydrogen-bond acceptors (Lipinski definition) is 7. The Balaban J connectivity index is 2.31. The molecule has 1 aliphatic rings. The summed E-state index contributed by atoms with van der Waals surface area (Å²) in [5, 5.41) is 9.76. The molecule has 0 aromatic heterocycles. The van der Waals surface area contributed by atoms with Crippen molar-refractivity contribution >= 4 is 29.4 Å². The number of primary amides is 1. The molecule has 21 heavy (non-hydrogen) atoms. The van der Waals surface area contributed by atoms with Crippen LogP contribution in [-0.4, -0.2) is 33.7 Å². The fourth-order valence-electron chi connectivity index (χ4n) is 2.04. The fraction of sp³-hybridized carbons (Fsp3) is 0.167. The van der Waals surface area contributed by atoms with Crippen molar-refractivity contribution in [2.75, 3.05) is 5.73 Å². The third-order valence-corrected chi connectivity index (χ3v) is 3.02. The van der Waals surface area contributed by atoms with E-state index in [-0.39, 0.29) is 5.56 Å². The molecule has 2 unspecified atom stereocenters. The van der Waals surface area contributed by atoms with Crippen molar-refractivity contribution in [1.29, 1.82) is 0 Å². The maximum atomic E-state index is 12.2. The number of amides is 3. The molecule has 0 saturated carbocycles. The number of rotatable bonds is 3. The lowest BCUT2D eigenvalue weighted by Crippen LogP contribution is -2.52. The first-order chi connectivity index (χ1) is 9.75. The Morgan fingerprint density at radius 2 is 2.00 bits per heavy atom. The SMILES string of the molecule is NC(=O)O[N+]1(O)C(=O)CC(C(=O)c2cccc(N)c2)C1=O. The van der Waals surface area contributed by atoms with Crippen LogP contribution >= 0.6 is 0 Å². The van der Waals surface area contributed by atoms with Gasteiger partial charge >= 0.3 is 17.9 Å². The molecule has 110 valence electrons. The van der Waals surface area contributed by atoms with Crippen LogP contribution in [0.2, 0.25) is 0 Å². The minimum absolute atomic E-state index is 0.105. The van der Waals surface area contributed by atoms with E-state index in [0.29, 0.717) is 5.69 Å². The molecule has 9 heteroatoms. The number of quaternary nitrogens is 1. The third kappa shape index (κ3) is 2.47. The summed E-state index contributed by atoms with van der Waals surface area (Å²) in [4.78, 5) is 48.4. The lowest BCUT2D eigenvalue weighted by atomic mass is 9.96. The summed E-state index contributed by atoms with van der Waals surface area (Å²) in [6.45, 7) is 0. The fourth-order valence-corrected chi connectivity index (χ4v) is 2.04. The molecule has 0 radical (unpaired) electrons. The molecule has 0 aliphatic carbocycles. The monoisotopic (exact) mass is 294 g/mol. The first-order valence-electron chi connectivity index (χ1n) is 5.84. The molecule has 1 aliphatic heterocycles. The minimum atomic E-state index is -2.26. The van der Waals surface area contributed by atoms with Crippen molar-refractivity contribution in [2.24, 2.45) is 11.7 Å². The van der Waals surface area contributed by atoms with Gasteiger partial charge in [-0.3, -0.25) is 4.79 Å². The highest BCUT2D eigenvalue weighted by Crippen LogP contribution is 2.29. The Morgan fingerprint density at radius 1 is 1.33 bits per heavy atom.